The lowest BCUT2D eigenvalue weighted by molar-refractivity contribution is -0.120. The summed E-state index contributed by atoms with van der Waals surface area (Å²) in [6.45, 7) is 2.34. The minimum absolute atomic E-state index is 0.0146. The van der Waals surface area contributed by atoms with Crippen LogP contribution in [-0.4, -0.2) is 29.1 Å². The van der Waals surface area contributed by atoms with Crippen molar-refractivity contribution in [3.63, 3.8) is 0 Å². The maximum Gasteiger partial charge on any atom is 0.251 e. The summed E-state index contributed by atoms with van der Waals surface area (Å²) in [4.78, 5) is 19.3. The summed E-state index contributed by atoms with van der Waals surface area (Å²) in [6, 6.07) is 0. The molecule has 15 heavy (non-hydrogen) atoms. The first kappa shape index (κ1) is 12.5. The number of ether oxygens (including phenoxy) is 1. The monoisotopic (exact) mass is 337 g/mol. The molecule has 1 heterocycles. The average Bonchev–Trinajstić information content (AvgIpc) is 2.19. The summed E-state index contributed by atoms with van der Waals surface area (Å²) in [5, 5.41) is 2.57. The van der Waals surface area contributed by atoms with E-state index in [1.165, 1.54) is 6.20 Å². The van der Waals surface area contributed by atoms with E-state index in [2.05, 4.69) is 47.1 Å². The van der Waals surface area contributed by atoms with Crippen molar-refractivity contribution in [1.29, 1.82) is 0 Å². The van der Waals surface area contributed by atoms with Gasteiger partial charge in [0.25, 0.3) is 5.91 Å². The predicted octanol–water partition coefficient (Wildman–Crippen LogP) is 1.98. The van der Waals surface area contributed by atoms with Crippen LogP contribution in [0.1, 0.15) is 6.92 Å². The highest BCUT2D eigenvalue weighted by atomic mass is 79.9. The molecule has 0 spiro atoms. The van der Waals surface area contributed by atoms with E-state index in [9.17, 15) is 4.79 Å². The van der Waals surface area contributed by atoms with Crippen molar-refractivity contribution in [1.82, 2.24) is 9.97 Å². The molecule has 0 bridgehead atoms. The smallest absolute Gasteiger partial charge is 0.251 e. The summed E-state index contributed by atoms with van der Waals surface area (Å²) in [5.41, 5.74) is 0. The quantitative estimate of drug-likeness (QED) is 0.911. The van der Waals surface area contributed by atoms with E-state index in [4.69, 9.17) is 4.74 Å². The summed E-state index contributed by atoms with van der Waals surface area (Å²) < 4.78 is 6.01. The van der Waals surface area contributed by atoms with Gasteiger partial charge < -0.3 is 10.1 Å². The van der Waals surface area contributed by atoms with Crippen LogP contribution < -0.4 is 5.32 Å². The fourth-order valence-corrected chi connectivity index (χ4v) is 1.70. The lowest BCUT2D eigenvalue weighted by Gasteiger charge is -2.05. The largest absolute Gasteiger partial charge is 0.372 e. The molecule has 0 radical (unpaired) electrons. The molecular weight excluding hydrogens is 330 g/mol. The van der Waals surface area contributed by atoms with Crippen molar-refractivity contribution in [2.45, 2.75) is 6.92 Å². The zero-order chi connectivity index (χ0) is 11.3. The third-order valence-corrected chi connectivity index (χ3v) is 2.33. The SMILES string of the molecule is CCOCC(=O)Nc1ncc(Br)nc1Br. The summed E-state index contributed by atoms with van der Waals surface area (Å²) in [7, 11) is 0. The molecule has 0 aliphatic carbocycles. The van der Waals surface area contributed by atoms with Gasteiger partial charge in [-0.3, -0.25) is 4.79 Å². The Labute approximate surface area is 104 Å². The summed E-state index contributed by atoms with van der Waals surface area (Å²) in [5.74, 6) is 0.122. The molecule has 1 aromatic rings. The molecule has 0 fully saturated rings. The van der Waals surface area contributed by atoms with Crippen LogP contribution in [0.15, 0.2) is 15.4 Å². The van der Waals surface area contributed by atoms with Gasteiger partial charge in [0.1, 0.15) is 15.8 Å². The molecule has 0 saturated carbocycles. The van der Waals surface area contributed by atoms with E-state index in [1.807, 2.05) is 6.92 Å². The molecule has 5 nitrogen and oxygen atoms in total. The molecule has 0 aliphatic rings. The van der Waals surface area contributed by atoms with Crippen LogP contribution in [0.4, 0.5) is 5.82 Å². The minimum Gasteiger partial charge on any atom is -0.372 e. The Hall–Kier alpha value is -0.530. The third-order valence-electron chi connectivity index (χ3n) is 1.40. The Balaban J connectivity index is 2.60. The van der Waals surface area contributed by atoms with Crippen LogP contribution in [0.3, 0.4) is 0 Å². The van der Waals surface area contributed by atoms with E-state index in [-0.39, 0.29) is 12.5 Å². The highest BCUT2D eigenvalue weighted by molar-refractivity contribution is 9.11. The fraction of sp³-hybridized carbons (Fsp3) is 0.375. The fourth-order valence-electron chi connectivity index (χ4n) is 0.793. The van der Waals surface area contributed by atoms with Crippen LogP contribution in [-0.2, 0) is 9.53 Å². The Morgan fingerprint density at radius 1 is 1.60 bits per heavy atom. The number of anilines is 1. The second-order valence-corrected chi connectivity index (χ2v) is 4.08. The number of rotatable bonds is 4. The maximum absolute atomic E-state index is 11.3. The lowest BCUT2D eigenvalue weighted by atomic mass is 10.6. The third kappa shape index (κ3) is 4.23. The van der Waals surface area contributed by atoms with E-state index in [0.29, 0.717) is 21.6 Å². The van der Waals surface area contributed by atoms with Crippen molar-refractivity contribution in [3.05, 3.63) is 15.4 Å². The summed E-state index contributed by atoms with van der Waals surface area (Å²) in [6.07, 6.45) is 1.50. The Morgan fingerprint density at radius 2 is 2.33 bits per heavy atom. The standard InChI is InChI=1S/C8H9Br2N3O2/c1-2-15-4-6(14)13-8-7(10)12-5(9)3-11-8/h3H,2,4H2,1H3,(H,11,13,14). The Morgan fingerprint density at radius 3 is 2.93 bits per heavy atom. The minimum atomic E-state index is -0.255. The zero-order valence-electron chi connectivity index (χ0n) is 7.96. The van der Waals surface area contributed by atoms with E-state index in [1.54, 1.807) is 0 Å². The number of aromatic nitrogens is 2. The number of hydrogen-bond donors (Lipinski definition) is 1. The van der Waals surface area contributed by atoms with Gasteiger partial charge in [0, 0.05) is 6.61 Å². The van der Waals surface area contributed by atoms with Crippen LogP contribution in [0.25, 0.3) is 0 Å². The molecule has 1 aromatic heterocycles. The van der Waals surface area contributed by atoms with E-state index >= 15 is 0 Å². The van der Waals surface area contributed by atoms with Gasteiger partial charge in [-0.05, 0) is 38.8 Å². The first-order valence-electron chi connectivity index (χ1n) is 4.19. The Kier molecular flexibility index (Phi) is 5.13. The number of halogens is 2. The summed E-state index contributed by atoms with van der Waals surface area (Å²) >= 11 is 6.35. The van der Waals surface area contributed by atoms with E-state index < -0.39 is 0 Å². The van der Waals surface area contributed by atoms with Crippen molar-refractivity contribution in [3.8, 4) is 0 Å². The molecule has 1 N–H and O–H groups in total. The highest BCUT2D eigenvalue weighted by Gasteiger charge is 2.07. The van der Waals surface area contributed by atoms with Gasteiger partial charge in [0.2, 0.25) is 0 Å². The lowest BCUT2D eigenvalue weighted by Crippen LogP contribution is -2.19. The number of hydrogen-bond acceptors (Lipinski definition) is 4. The van der Waals surface area contributed by atoms with Gasteiger partial charge in [-0.1, -0.05) is 0 Å². The van der Waals surface area contributed by atoms with Crippen molar-refractivity contribution in [2.24, 2.45) is 0 Å². The molecule has 0 saturated heterocycles. The van der Waals surface area contributed by atoms with Crippen LogP contribution in [0, 0.1) is 0 Å². The molecule has 7 heteroatoms. The molecular formula is C8H9Br2N3O2. The van der Waals surface area contributed by atoms with Gasteiger partial charge in [0.05, 0.1) is 6.20 Å². The van der Waals surface area contributed by atoms with Gasteiger partial charge >= 0.3 is 0 Å². The zero-order valence-corrected chi connectivity index (χ0v) is 11.1. The van der Waals surface area contributed by atoms with Gasteiger partial charge in [0.15, 0.2) is 5.82 Å². The second-order valence-electron chi connectivity index (χ2n) is 2.52. The number of amides is 1. The van der Waals surface area contributed by atoms with Gasteiger partial charge in [-0.2, -0.15) is 0 Å². The molecule has 1 rings (SSSR count). The highest BCUT2D eigenvalue weighted by Crippen LogP contribution is 2.18. The van der Waals surface area contributed by atoms with Crippen LogP contribution in [0.5, 0.6) is 0 Å². The topological polar surface area (TPSA) is 64.1 Å². The number of nitrogens with one attached hydrogen (secondary N) is 1. The normalized spacial score (nSPS) is 10.1. The van der Waals surface area contributed by atoms with Crippen LogP contribution in [0.2, 0.25) is 0 Å². The Bertz CT molecular complexity index is 360. The number of nitrogens with zero attached hydrogens (tertiary/aromatic N) is 2. The van der Waals surface area contributed by atoms with Crippen molar-refractivity contribution >= 4 is 43.6 Å². The molecule has 0 aliphatic heterocycles. The van der Waals surface area contributed by atoms with E-state index in [0.717, 1.165) is 0 Å². The van der Waals surface area contributed by atoms with Gasteiger partial charge in [-0.25, -0.2) is 9.97 Å². The van der Waals surface area contributed by atoms with Gasteiger partial charge in [-0.15, -0.1) is 0 Å². The number of carbonyl (C=O) groups excluding carboxylic acids is 1. The van der Waals surface area contributed by atoms with Crippen LogP contribution >= 0.6 is 31.9 Å². The predicted molar refractivity (Wildman–Crippen MR) is 62.6 cm³/mol. The van der Waals surface area contributed by atoms with Crippen molar-refractivity contribution in [2.75, 3.05) is 18.5 Å². The second kappa shape index (κ2) is 6.14. The maximum atomic E-state index is 11.3. The average molecular weight is 339 g/mol. The number of carbonyl (C=O) groups is 1. The molecule has 82 valence electrons. The molecule has 1 amide bonds. The molecule has 0 unspecified atom stereocenters. The first-order chi connectivity index (χ1) is 7.13. The first-order valence-corrected chi connectivity index (χ1v) is 5.77. The van der Waals surface area contributed by atoms with Crippen molar-refractivity contribution < 1.29 is 9.53 Å². The molecule has 0 atom stereocenters. The molecule has 0 aromatic carbocycles.